The van der Waals surface area contributed by atoms with Crippen molar-refractivity contribution in [2.75, 3.05) is 12.8 Å². The van der Waals surface area contributed by atoms with Crippen LogP contribution in [0.2, 0.25) is 0 Å². The number of thioether (sulfide) groups is 1. The molecule has 0 unspecified atom stereocenters. The first-order valence-electron chi connectivity index (χ1n) is 8.30. The molecule has 1 aliphatic rings. The van der Waals surface area contributed by atoms with Crippen LogP contribution in [0.3, 0.4) is 0 Å². The van der Waals surface area contributed by atoms with Gasteiger partial charge in [-0.25, -0.2) is 9.37 Å². The second-order valence-electron chi connectivity index (χ2n) is 6.24. The lowest BCUT2D eigenvalue weighted by Gasteiger charge is -2.27. The Kier molecular flexibility index (Phi) is 4.60. The van der Waals surface area contributed by atoms with Crippen LogP contribution in [0.25, 0.3) is 11.3 Å². The van der Waals surface area contributed by atoms with Crippen LogP contribution in [-0.2, 0) is 19.5 Å². The maximum absolute atomic E-state index is 13.2. The molecular weight excluding hydrogens is 353 g/mol. The maximum Gasteiger partial charge on any atom is 0.256 e. The van der Waals surface area contributed by atoms with Crippen molar-refractivity contribution in [2.24, 2.45) is 0 Å². The number of nitrogens with one attached hydrogen (secondary N) is 2. The number of halogens is 1. The molecule has 0 spiro atoms. The Balaban J connectivity index is 1.56. The van der Waals surface area contributed by atoms with Crippen LogP contribution in [-0.4, -0.2) is 37.9 Å². The predicted molar refractivity (Wildman–Crippen MR) is 98.4 cm³/mol. The molecule has 1 aromatic carbocycles. The Labute approximate surface area is 153 Å². The molecule has 2 aromatic heterocycles. The molecule has 4 rings (SSSR count). The first-order valence-corrected chi connectivity index (χ1v) is 9.53. The molecule has 2 N–H and O–H groups in total. The Hall–Kier alpha value is -2.45. The molecule has 0 amide bonds. The second kappa shape index (κ2) is 7.05. The van der Waals surface area contributed by atoms with Gasteiger partial charge in [0.1, 0.15) is 5.82 Å². The van der Waals surface area contributed by atoms with Gasteiger partial charge in [-0.2, -0.15) is 5.10 Å². The topological polar surface area (TPSA) is 77.7 Å². The van der Waals surface area contributed by atoms with Crippen LogP contribution in [0.15, 0.2) is 40.4 Å². The van der Waals surface area contributed by atoms with Gasteiger partial charge in [-0.15, -0.1) is 0 Å². The van der Waals surface area contributed by atoms with Crippen molar-refractivity contribution in [2.45, 2.75) is 24.7 Å². The SMILES string of the molecule is CSc1nc2c(c(=O)[nH]1)CN(Cc1cn[nH]c1-c1ccc(F)cc1)CC2. The molecule has 134 valence electrons. The third kappa shape index (κ3) is 3.30. The van der Waals surface area contributed by atoms with Gasteiger partial charge in [-0.05, 0) is 30.5 Å². The highest BCUT2D eigenvalue weighted by atomic mass is 32.2. The number of hydrogen-bond acceptors (Lipinski definition) is 5. The molecule has 0 bridgehead atoms. The molecule has 6 nitrogen and oxygen atoms in total. The monoisotopic (exact) mass is 371 g/mol. The summed E-state index contributed by atoms with van der Waals surface area (Å²) in [6, 6.07) is 6.34. The third-order valence-corrected chi connectivity index (χ3v) is 5.14. The number of H-pyrrole nitrogens is 2. The summed E-state index contributed by atoms with van der Waals surface area (Å²) < 4.78 is 13.2. The summed E-state index contributed by atoms with van der Waals surface area (Å²) in [7, 11) is 0. The van der Waals surface area contributed by atoms with Crippen LogP contribution in [0.5, 0.6) is 0 Å². The molecule has 8 heteroatoms. The van der Waals surface area contributed by atoms with Gasteiger partial charge in [-0.1, -0.05) is 11.8 Å². The van der Waals surface area contributed by atoms with E-state index < -0.39 is 0 Å². The van der Waals surface area contributed by atoms with E-state index in [-0.39, 0.29) is 11.4 Å². The second-order valence-corrected chi connectivity index (χ2v) is 7.03. The molecule has 3 aromatic rings. The van der Waals surface area contributed by atoms with Crippen LogP contribution in [0.4, 0.5) is 4.39 Å². The van der Waals surface area contributed by atoms with E-state index in [1.54, 1.807) is 18.3 Å². The normalized spacial score (nSPS) is 14.4. The van der Waals surface area contributed by atoms with E-state index in [0.717, 1.165) is 41.0 Å². The zero-order chi connectivity index (χ0) is 18.1. The fourth-order valence-electron chi connectivity index (χ4n) is 3.23. The number of aromatic nitrogens is 4. The quantitative estimate of drug-likeness (QED) is 0.544. The molecule has 0 saturated heterocycles. The number of hydrogen-bond donors (Lipinski definition) is 2. The lowest BCUT2D eigenvalue weighted by atomic mass is 10.0. The van der Waals surface area contributed by atoms with E-state index in [4.69, 9.17) is 0 Å². The van der Waals surface area contributed by atoms with Crippen LogP contribution in [0.1, 0.15) is 16.8 Å². The van der Waals surface area contributed by atoms with Gasteiger partial charge in [0.2, 0.25) is 0 Å². The zero-order valence-electron chi connectivity index (χ0n) is 14.3. The Morgan fingerprint density at radius 1 is 1.31 bits per heavy atom. The van der Waals surface area contributed by atoms with E-state index in [2.05, 4.69) is 25.1 Å². The molecule has 0 radical (unpaired) electrons. The van der Waals surface area contributed by atoms with Crippen molar-refractivity contribution >= 4 is 11.8 Å². The minimum Gasteiger partial charge on any atom is -0.301 e. The van der Waals surface area contributed by atoms with E-state index in [1.165, 1.54) is 23.9 Å². The molecule has 26 heavy (non-hydrogen) atoms. The minimum absolute atomic E-state index is 0.0602. The van der Waals surface area contributed by atoms with Gasteiger partial charge in [0, 0.05) is 37.2 Å². The highest BCUT2D eigenvalue weighted by molar-refractivity contribution is 7.98. The number of fused-ring (bicyclic) bond motifs is 1. The Bertz CT molecular complexity index is 982. The molecule has 0 atom stereocenters. The molecule has 0 fully saturated rings. The summed E-state index contributed by atoms with van der Waals surface area (Å²) in [5, 5.41) is 7.80. The smallest absolute Gasteiger partial charge is 0.256 e. The average Bonchev–Trinajstić information content (AvgIpc) is 3.10. The number of rotatable bonds is 4. The van der Waals surface area contributed by atoms with Gasteiger partial charge in [0.05, 0.1) is 23.1 Å². The lowest BCUT2D eigenvalue weighted by molar-refractivity contribution is 0.241. The van der Waals surface area contributed by atoms with Crippen molar-refractivity contribution in [3.8, 4) is 11.3 Å². The molecular formula is C18H18FN5OS. The number of benzene rings is 1. The Morgan fingerprint density at radius 3 is 2.88 bits per heavy atom. The summed E-state index contributed by atoms with van der Waals surface area (Å²) in [5.41, 5.74) is 4.35. The van der Waals surface area contributed by atoms with Crippen molar-refractivity contribution in [1.82, 2.24) is 25.1 Å². The van der Waals surface area contributed by atoms with E-state index in [1.807, 2.05) is 6.26 Å². The third-order valence-electron chi connectivity index (χ3n) is 4.56. The van der Waals surface area contributed by atoms with Gasteiger partial charge in [0.15, 0.2) is 5.16 Å². The number of nitrogens with zero attached hydrogens (tertiary/aromatic N) is 3. The average molecular weight is 371 g/mol. The summed E-state index contributed by atoms with van der Waals surface area (Å²) in [4.78, 5) is 21.9. The van der Waals surface area contributed by atoms with Crippen molar-refractivity contribution in [1.29, 1.82) is 0 Å². The molecule has 0 saturated carbocycles. The van der Waals surface area contributed by atoms with Crippen molar-refractivity contribution < 1.29 is 4.39 Å². The van der Waals surface area contributed by atoms with Crippen LogP contribution < -0.4 is 5.56 Å². The number of aromatic amines is 2. The van der Waals surface area contributed by atoms with E-state index in [9.17, 15) is 9.18 Å². The molecule has 1 aliphatic heterocycles. The van der Waals surface area contributed by atoms with Crippen molar-refractivity contribution in [3.63, 3.8) is 0 Å². The standard InChI is InChI=1S/C18H18FN5OS/c1-26-18-21-15-6-7-24(10-14(15)17(25)22-18)9-12-8-20-23-16(12)11-2-4-13(19)5-3-11/h2-5,8H,6-7,9-10H2,1H3,(H,20,23)(H,21,22,25). The van der Waals surface area contributed by atoms with Crippen LogP contribution in [0, 0.1) is 5.82 Å². The van der Waals surface area contributed by atoms with Crippen molar-refractivity contribution in [3.05, 3.63) is 63.5 Å². The molecule has 0 aliphatic carbocycles. The van der Waals surface area contributed by atoms with Gasteiger partial charge >= 0.3 is 0 Å². The summed E-state index contributed by atoms with van der Waals surface area (Å²) in [6.45, 7) is 2.04. The fraction of sp³-hybridized carbons (Fsp3) is 0.278. The zero-order valence-corrected chi connectivity index (χ0v) is 15.1. The van der Waals surface area contributed by atoms with Gasteiger partial charge in [-0.3, -0.25) is 14.8 Å². The summed E-state index contributed by atoms with van der Waals surface area (Å²) >= 11 is 1.44. The predicted octanol–water partition coefficient (Wildman–Crippen LogP) is 2.58. The highest BCUT2D eigenvalue weighted by Gasteiger charge is 2.22. The largest absolute Gasteiger partial charge is 0.301 e. The maximum atomic E-state index is 13.2. The minimum atomic E-state index is -0.265. The Morgan fingerprint density at radius 2 is 2.12 bits per heavy atom. The van der Waals surface area contributed by atoms with E-state index >= 15 is 0 Å². The summed E-state index contributed by atoms with van der Waals surface area (Å²) in [6.07, 6.45) is 4.43. The summed E-state index contributed by atoms with van der Waals surface area (Å²) in [5.74, 6) is -0.265. The van der Waals surface area contributed by atoms with Gasteiger partial charge < -0.3 is 4.98 Å². The fourth-order valence-corrected chi connectivity index (χ4v) is 3.62. The van der Waals surface area contributed by atoms with Crippen LogP contribution >= 0.6 is 11.8 Å². The highest BCUT2D eigenvalue weighted by Crippen LogP contribution is 2.24. The van der Waals surface area contributed by atoms with Gasteiger partial charge in [0.25, 0.3) is 5.56 Å². The van der Waals surface area contributed by atoms with E-state index in [0.29, 0.717) is 18.2 Å². The molecule has 3 heterocycles. The first-order chi connectivity index (χ1) is 12.6. The first kappa shape index (κ1) is 17.0. The lowest BCUT2D eigenvalue weighted by Crippen LogP contribution is -2.35.